The van der Waals surface area contributed by atoms with Crippen LogP contribution in [-0.2, 0) is 10.1 Å². The Bertz CT molecular complexity index is 519. The molecule has 0 spiro atoms. The van der Waals surface area contributed by atoms with Crippen LogP contribution >= 0.6 is 0 Å². The normalized spacial score (nSPS) is 10.6. The van der Waals surface area contributed by atoms with E-state index in [1.807, 2.05) is 0 Å². The Hall–Kier alpha value is -0.670. The molecule has 0 unspecified atom stereocenters. The van der Waals surface area contributed by atoms with E-state index < -0.39 is 20.8 Å². The largest absolute Gasteiger partial charge is 1.00 e. The van der Waals surface area contributed by atoms with Crippen LogP contribution in [0, 0.1) is 10.1 Å². The van der Waals surface area contributed by atoms with Crippen molar-refractivity contribution in [2.75, 3.05) is 12.4 Å². The van der Waals surface area contributed by atoms with E-state index in [1.54, 1.807) is 6.07 Å². The fraction of sp³-hybridized carbons (Fsp3) is 0.400. The number of hydrogen-bond donors (Lipinski definition) is 0. The van der Waals surface area contributed by atoms with Gasteiger partial charge in [-0.05, 0) is 18.9 Å². The van der Waals surface area contributed by atoms with E-state index in [-0.39, 0.29) is 48.3 Å². The molecule has 0 radical (unpaired) electrons. The van der Waals surface area contributed by atoms with Gasteiger partial charge in [-0.25, -0.2) is 8.42 Å². The first-order valence-corrected chi connectivity index (χ1v) is 6.77. The van der Waals surface area contributed by atoms with Crippen molar-refractivity contribution in [3.8, 4) is 5.75 Å². The van der Waals surface area contributed by atoms with Gasteiger partial charge in [-0.2, -0.15) is 0 Å². The molecule has 0 aliphatic rings. The number of unbranched alkanes of at least 4 members (excludes halogenated alkanes) is 1. The summed E-state index contributed by atoms with van der Waals surface area (Å²) in [4.78, 5) is 9.96. The van der Waals surface area contributed by atoms with Crippen molar-refractivity contribution >= 4 is 15.8 Å². The van der Waals surface area contributed by atoms with Gasteiger partial charge in [0.2, 0.25) is 0 Å². The maximum atomic E-state index is 10.5. The van der Waals surface area contributed by atoms with Crippen molar-refractivity contribution in [3.05, 3.63) is 34.4 Å². The molecule has 1 aromatic carbocycles. The quantitative estimate of drug-likeness (QED) is 0.195. The van der Waals surface area contributed by atoms with Gasteiger partial charge in [0.05, 0.1) is 27.7 Å². The van der Waals surface area contributed by atoms with Crippen LogP contribution in [0.4, 0.5) is 5.69 Å². The predicted octanol–water partition coefficient (Wildman–Crippen LogP) is -1.70. The summed E-state index contributed by atoms with van der Waals surface area (Å²) in [7, 11) is -4.18. The molecule has 0 aliphatic carbocycles. The van der Waals surface area contributed by atoms with Gasteiger partial charge in [-0.3, -0.25) is 10.1 Å². The standard InChI is InChI=1S/C10H13NO6S.Na/c12-11(13)9-4-3-5-10(8-9)17-6-1-2-7-18(14,15)16;/h3-5,8H,1-2,6-7H2,(H,14,15,16);/q;+1/p-1. The average molecular weight is 297 g/mol. The van der Waals surface area contributed by atoms with Crippen molar-refractivity contribution < 1.29 is 52.2 Å². The summed E-state index contributed by atoms with van der Waals surface area (Å²) in [5.41, 5.74) is -0.0744. The summed E-state index contributed by atoms with van der Waals surface area (Å²) in [6.07, 6.45) is 0.602. The zero-order chi connectivity index (χ0) is 13.6. The molecule has 0 aliphatic heterocycles. The minimum absolute atomic E-state index is 0. The molecule has 19 heavy (non-hydrogen) atoms. The van der Waals surface area contributed by atoms with Crippen LogP contribution < -0.4 is 34.3 Å². The summed E-state index contributed by atoms with van der Waals surface area (Å²) in [6, 6.07) is 5.69. The SMILES string of the molecule is O=[N+]([O-])c1cccc(OCCCCS(=O)(=O)[O-])c1.[Na+]. The van der Waals surface area contributed by atoms with Gasteiger partial charge in [0.1, 0.15) is 5.75 Å². The topological polar surface area (TPSA) is 110 Å². The third-order valence-electron chi connectivity index (χ3n) is 2.09. The Morgan fingerprint density at radius 2 is 1.95 bits per heavy atom. The first-order chi connectivity index (χ1) is 8.38. The number of nitro groups is 1. The second-order valence-corrected chi connectivity index (χ2v) is 5.10. The van der Waals surface area contributed by atoms with Crippen molar-refractivity contribution in [2.24, 2.45) is 0 Å². The summed E-state index contributed by atoms with van der Waals surface area (Å²) in [6.45, 7) is 0.205. The number of benzene rings is 1. The van der Waals surface area contributed by atoms with Crippen molar-refractivity contribution in [2.45, 2.75) is 12.8 Å². The number of non-ortho nitro benzene ring substituents is 1. The summed E-state index contributed by atoms with van der Waals surface area (Å²) in [5, 5.41) is 10.5. The minimum Gasteiger partial charge on any atom is -0.748 e. The van der Waals surface area contributed by atoms with Crippen molar-refractivity contribution in [3.63, 3.8) is 0 Å². The molecule has 0 heterocycles. The van der Waals surface area contributed by atoms with Crippen LogP contribution in [0.1, 0.15) is 12.8 Å². The number of hydrogen-bond acceptors (Lipinski definition) is 6. The molecule has 1 rings (SSSR count). The van der Waals surface area contributed by atoms with Crippen LogP contribution in [0.3, 0.4) is 0 Å². The molecule has 9 heteroatoms. The Labute approximate surface area is 133 Å². The van der Waals surface area contributed by atoms with Gasteiger partial charge >= 0.3 is 29.6 Å². The molecule has 100 valence electrons. The average Bonchev–Trinajstić information content (AvgIpc) is 2.27. The number of rotatable bonds is 7. The van der Waals surface area contributed by atoms with E-state index in [9.17, 15) is 23.1 Å². The zero-order valence-electron chi connectivity index (χ0n) is 10.4. The van der Waals surface area contributed by atoms with Crippen molar-refractivity contribution in [1.29, 1.82) is 0 Å². The van der Waals surface area contributed by atoms with Crippen LogP contribution in [0.25, 0.3) is 0 Å². The van der Waals surface area contributed by atoms with Gasteiger partial charge in [0.25, 0.3) is 5.69 Å². The van der Waals surface area contributed by atoms with E-state index in [0.717, 1.165) is 0 Å². The Morgan fingerprint density at radius 3 is 2.53 bits per heavy atom. The molecule has 0 amide bonds. The fourth-order valence-corrected chi connectivity index (χ4v) is 1.82. The summed E-state index contributed by atoms with van der Waals surface area (Å²) < 4.78 is 36.1. The van der Waals surface area contributed by atoms with Gasteiger partial charge < -0.3 is 9.29 Å². The molecule has 1 aromatic rings. The molecule has 7 nitrogen and oxygen atoms in total. The van der Waals surface area contributed by atoms with Crippen molar-refractivity contribution in [1.82, 2.24) is 0 Å². The number of ether oxygens (including phenoxy) is 1. The summed E-state index contributed by atoms with van der Waals surface area (Å²) in [5.74, 6) is -0.0835. The molecule has 0 saturated carbocycles. The smallest absolute Gasteiger partial charge is 0.748 e. The van der Waals surface area contributed by atoms with E-state index in [2.05, 4.69) is 0 Å². The minimum atomic E-state index is -4.18. The van der Waals surface area contributed by atoms with Crippen LogP contribution in [-0.4, -0.2) is 30.3 Å². The number of nitrogens with zero attached hydrogens (tertiary/aromatic N) is 1. The monoisotopic (exact) mass is 297 g/mol. The Morgan fingerprint density at radius 1 is 1.26 bits per heavy atom. The van der Waals surface area contributed by atoms with E-state index >= 15 is 0 Å². The van der Waals surface area contributed by atoms with Gasteiger partial charge in [0.15, 0.2) is 0 Å². The van der Waals surface area contributed by atoms with Gasteiger partial charge in [-0.1, -0.05) is 6.07 Å². The Kier molecular flexibility index (Phi) is 8.19. The van der Waals surface area contributed by atoms with Gasteiger partial charge in [0, 0.05) is 11.8 Å². The third-order valence-corrected chi connectivity index (χ3v) is 2.87. The first kappa shape index (κ1) is 18.3. The molecule has 0 N–H and O–H groups in total. The first-order valence-electron chi connectivity index (χ1n) is 5.19. The molecule has 0 bridgehead atoms. The van der Waals surface area contributed by atoms with E-state index in [0.29, 0.717) is 12.2 Å². The van der Waals surface area contributed by atoms with Gasteiger partial charge in [-0.15, -0.1) is 0 Å². The maximum absolute atomic E-state index is 10.5. The van der Waals surface area contributed by atoms with Crippen LogP contribution in [0.15, 0.2) is 24.3 Å². The van der Waals surface area contributed by atoms with Crippen LogP contribution in [0.5, 0.6) is 5.75 Å². The molecule has 0 fully saturated rings. The number of nitro benzene ring substituents is 1. The van der Waals surface area contributed by atoms with E-state index in [4.69, 9.17) is 4.74 Å². The fourth-order valence-electron chi connectivity index (χ4n) is 1.26. The van der Waals surface area contributed by atoms with E-state index in [1.165, 1.54) is 18.2 Å². The second kappa shape index (κ2) is 8.49. The maximum Gasteiger partial charge on any atom is 1.00 e. The molecule has 0 atom stereocenters. The van der Waals surface area contributed by atoms with Crippen LogP contribution in [0.2, 0.25) is 0 Å². The summed E-state index contributed by atoms with van der Waals surface area (Å²) >= 11 is 0. The zero-order valence-corrected chi connectivity index (χ0v) is 13.3. The Balaban J connectivity index is 0.00000324. The molecule has 0 saturated heterocycles. The predicted molar refractivity (Wildman–Crippen MR) is 62.4 cm³/mol. The second-order valence-electron chi connectivity index (χ2n) is 3.57. The molecule has 0 aromatic heterocycles. The third kappa shape index (κ3) is 8.17. The molecular formula is C10H12NNaO6S. The molecular weight excluding hydrogens is 285 g/mol.